The van der Waals surface area contributed by atoms with Crippen molar-refractivity contribution >= 4 is 28.6 Å². The van der Waals surface area contributed by atoms with Crippen molar-refractivity contribution in [3.05, 3.63) is 45.6 Å². The van der Waals surface area contributed by atoms with E-state index in [-0.39, 0.29) is 5.91 Å². The third-order valence-corrected chi connectivity index (χ3v) is 6.29. The van der Waals surface area contributed by atoms with Gasteiger partial charge in [0.25, 0.3) is 5.91 Å². The standard InChI is InChI=1S/C20H24N2O2S/c1-14-6-7-18-15(12-14)13-19(25-18)20(23)21-16-4-2-3-5-17(16)22-8-10-24-11-9-22/h2-5,13-14H,6-12H2,1H3,(H,21,23). The second kappa shape index (κ2) is 7.18. The molecule has 5 heteroatoms. The van der Waals surface area contributed by atoms with Crippen LogP contribution in [-0.4, -0.2) is 32.2 Å². The molecular formula is C20H24N2O2S. The number of carbonyl (C=O) groups excluding carboxylic acids is 1. The Morgan fingerprint density at radius 3 is 2.92 bits per heavy atom. The fourth-order valence-electron chi connectivity index (χ4n) is 3.66. The molecule has 0 bridgehead atoms. The van der Waals surface area contributed by atoms with Crippen molar-refractivity contribution in [2.75, 3.05) is 36.5 Å². The van der Waals surface area contributed by atoms with Crippen LogP contribution in [0.5, 0.6) is 0 Å². The number of rotatable bonds is 3. The van der Waals surface area contributed by atoms with Crippen LogP contribution in [0.4, 0.5) is 11.4 Å². The van der Waals surface area contributed by atoms with Crippen LogP contribution < -0.4 is 10.2 Å². The van der Waals surface area contributed by atoms with Gasteiger partial charge in [0.15, 0.2) is 0 Å². The minimum Gasteiger partial charge on any atom is -0.378 e. The number of aryl methyl sites for hydroxylation is 1. The SMILES string of the molecule is CC1CCc2sc(C(=O)Nc3ccccc3N3CCOCC3)cc2C1. The summed E-state index contributed by atoms with van der Waals surface area (Å²) in [7, 11) is 0. The Morgan fingerprint density at radius 2 is 2.08 bits per heavy atom. The van der Waals surface area contributed by atoms with Gasteiger partial charge < -0.3 is 15.0 Å². The highest BCUT2D eigenvalue weighted by Gasteiger charge is 2.22. The van der Waals surface area contributed by atoms with Gasteiger partial charge in [0.05, 0.1) is 29.5 Å². The van der Waals surface area contributed by atoms with Crippen LogP contribution in [-0.2, 0) is 17.6 Å². The molecule has 2 aliphatic rings. The minimum atomic E-state index is 0.00719. The molecule has 2 heterocycles. The van der Waals surface area contributed by atoms with Crippen LogP contribution in [0.25, 0.3) is 0 Å². The fraction of sp³-hybridized carbons (Fsp3) is 0.450. The number of carbonyl (C=O) groups is 1. The number of morpholine rings is 1. The number of para-hydroxylation sites is 2. The van der Waals surface area contributed by atoms with E-state index in [4.69, 9.17) is 4.74 Å². The van der Waals surface area contributed by atoms with Gasteiger partial charge in [-0.1, -0.05) is 19.1 Å². The molecule has 0 saturated carbocycles. The highest BCUT2D eigenvalue weighted by molar-refractivity contribution is 7.14. The lowest BCUT2D eigenvalue weighted by molar-refractivity contribution is 0.103. The highest BCUT2D eigenvalue weighted by atomic mass is 32.1. The number of nitrogens with one attached hydrogen (secondary N) is 1. The van der Waals surface area contributed by atoms with Crippen LogP contribution in [0.2, 0.25) is 0 Å². The van der Waals surface area contributed by atoms with E-state index in [9.17, 15) is 4.79 Å². The number of thiophene rings is 1. The Balaban J connectivity index is 1.53. The summed E-state index contributed by atoms with van der Waals surface area (Å²) in [6.07, 6.45) is 3.44. The number of fused-ring (bicyclic) bond motifs is 1. The first-order valence-corrected chi connectivity index (χ1v) is 9.87. The van der Waals surface area contributed by atoms with Crippen molar-refractivity contribution in [1.82, 2.24) is 0 Å². The van der Waals surface area contributed by atoms with Crippen LogP contribution in [0.1, 0.15) is 33.5 Å². The van der Waals surface area contributed by atoms with Gasteiger partial charge in [0, 0.05) is 18.0 Å². The summed E-state index contributed by atoms with van der Waals surface area (Å²) in [5.74, 6) is 0.729. The number of anilines is 2. The number of hydrogen-bond acceptors (Lipinski definition) is 4. The molecule has 132 valence electrons. The number of amides is 1. The van der Waals surface area contributed by atoms with Crippen molar-refractivity contribution in [3.63, 3.8) is 0 Å². The van der Waals surface area contributed by atoms with E-state index in [0.29, 0.717) is 0 Å². The molecule has 1 amide bonds. The summed E-state index contributed by atoms with van der Waals surface area (Å²) in [6.45, 7) is 5.48. The molecule has 2 aromatic rings. The predicted octanol–water partition coefficient (Wildman–Crippen LogP) is 3.96. The average molecular weight is 356 g/mol. The van der Waals surface area contributed by atoms with Gasteiger partial charge in [-0.2, -0.15) is 0 Å². The second-order valence-electron chi connectivity index (χ2n) is 6.98. The van der Waals surface area contributed by atoms with Crippen molar-refractivity contribution in [2.45, 2.75) is 26.2 Å². The van der Waals surface area contributed by atoms with Gasteiger partial charge >= 0.3 is 0 Å². The van der Waals surface area contributed by atoms with Crippen molar-refractivity contribution in [2.24, 2.45) is 5.92 Å². The minimum absolute atomic E-state index is 0.00719. The molecule has 0 radical (unpaired) electrons. The van der Waals surface area contributed by atoms with E-state index in [1.165, 1.54) is 16.9 Å². The molecule has 4 rings (SSSR count). The zero-order valence-corrected chi connectivity index (χ0v) is 15.4. The monoisotopic (exact) mass is 356 g/mol. The first-order valence-electron chi connectivity index (χ1n) is 9.05. The van der Waals surface area contributed by atoms with E-state index in [0.717, 1.165) is 61.3 Å². The largest absolute Gasteiger partial charge is 0.378 e. The molecule has 1 fully saturated rings. The van der Waals surface area contributed by atoms with Gasteiger partial charge in [0.2, 0.25) is 0 Å². The molecule has 0 spiro atoms. The summed E-state index contributed by atoms with van der Waals surface area (Å²) in [6, 6.07) is 10.1. The molecule has 1 saturated heterocycles. The van der Waals surface area contributed by atoms with Gasteiger partial charge in [-0.3, -0.25) is 4.79 Å². The van der Waals surface area contributed by atoms with Crippen LogP contribution in [0.3, 0.4) is 0 Å². The van der Waals surface area contributed by atoms with Crippen LogP contribution in [0, 0.1) is 5.92 Å². The number of hydrogen-bond donors (Lipinski definition) is 1. The summed E-state index contributed by atoms with van der Waals surface area (Å²) in [5, 5.41) is 3.13. The van der Waals surface area contributed by atoms with E-state index in [2.05, 4.69) is 29.3 Å². The lowest BCUT2D eigenvalue weighted by Crippen LogP contribution is -2.36. The molecule has 1 unspecified atom stereocenters. The van der Waals surface area contributed by atoms with Crippen LogP contribution >= 0.6 is 11.3 Å². The molecular weight excluding hydrogens is 332 g/mol. The molecule has 1 aliphatic carbocycles. The molecule has 1 aliphatic heterocycles. The molecule has 1 aromatic carbocycles. The summed E-state index contributed by atoms with van der Waals surface area (Å²) in [4.78, 5) is 17.3. The highest BCUT2D eigenvalue weighted by Crippen LogP contribution is 2.33. The normalized spacial score (nSPS) is 20.2. The first-order chi connectivity index (χ1) is 12.2. The van der Waals surface area contributed by atoms with Gasteiger partial charge in [-0.15, -0.1) is 11.3 Å². The maximum atomic E-state index is 12.8. The van der Waals surface area contributed by atoms with Gasteiger partial charge in [-0.25, -0.2) is 0 Å². The number of nitrogens with zero attached hydrogens (tertiary/aromatic N) is 1. The topological polar surface area (TPSA) is 41.6 Å². The third-order valence-electron chi connectivity index (χ3n) is 5.06. The molecule has 1 atom stereocenters. The van der Waals surface area contributed by atoms with Crippen molar-refractivity contribution in [3.8, 4) is 0 Å². The van der Waals surface area contributed by atoms with E-state index in [1.54, 1.807) is 11.3 Å². The van der Waals surface area contributed by atoms with E-state index < -0.39 is 0 Å². The quantitative estimate of drug-likeness (QED) is 0.905. The summed E-state index contributed by atoms with van der Waals surface area (Å²) < 4.78 is 5.44. The Morgan fingerprint density at radius 1 is 1.28 bits per heavy atom. The smallest absolute Gasteiger partial charge is 0.265 e. The first kappa shape index (κ1) is 16.6. The molecule has 4 nitrogen and oxygen atoms in total. The second-order valence-corrected chi connectivity index (χ2v) is 8.11. The molecule has 25 heavy (non-hydrogen) atoms. The predicted molar refractivity (Wildman–Crippen MR) is 103 cm³/mol. The lowest BCUT2D eigenvalue weighted by atomic mass is 9.90. The number of ether oxygens (including phenoxy) is 1. The van der Waals surface area contributed by atoms with Gasteiger partial charge in [-0.05, 0) is 48.9 Å². The Bertz CT molecular complexity index is 765. The van der Waals surface area contributed by atoms with Crippen LogP contribution in [0.15, 0.2) is 30.3 Å². The van der Waals surface area contributed by atoms with Crippen molar-refractivity contribution in [1.29, 1.82) is 0 Å². The van der Waals surface area contributed by atoms with E-state index >= 15 is 0 Å². The number of benzene rings is 1. The lowest BCUT2D eigenvalue weighted by Gasteiger charge is -2.30. The summed E-state index contributed by atoms with van der Waals surface area (Å²) >= 11 is 1.66. The maximum absolute atomic E-state index is 12.8. The Kier molecular flexibility index (Phi) is 4.77. The molecule has 1 N–H and O–H groups in total. The zero-order valence-electron chi connectivity index (χ0n) is 14.6. The fourth-order valence-corrected chi connectivity index (χ4v) is 4.76. The Labute approximate surface area is 152 Å². The average Bonchev–Trinajstić information content (AvgIpc) is 3.06. The Hall–Kier alpha value is -1.85. The zero-order chi connectivity index (χ0) is 17.2. The van der Waals surface area contributed by atoms with Gasteiger partial charge in [0.1, 0.15) is 0 Å². The molecule has 1 aromatic heterocycles. The summed E-state index contributed by atoms with van der Waals surface area (Å²) in [5.41, 5.74) is 3.33. The van der Waals surface area contributed by atoms with Crippen molar-refractivity contribution < 1.29 is 9.53 Å². The van der Waals surface area contributed by atoms with E-state index in [1.807, 2.05) is 18.2 Å². The third kappa shape index (κ3) is 3.58. The maximum Gasteiger partial charge on any atom is 0.265 e.